The summed E-state index contributed by atoms with van der Waals surface area (Å²) in [6, 6.07) is 0. The molecule has 7 nitrogen and oxygen atoms in total. The Morgan fingerprint density at radius 2 is 1.45 bits per heavy atom. The molecule has 0 aromatic heterocycles. The van der Waals surface area contributed by atoms with E-state index in [4.69, 9.17) is 18.9 Å². The SMILES string of the molecule is CCOCCOCC(=O)NCCOCCOCC(=O)P(C)C. The molecular formula is C14H28NO6P. The number of hydrogen-bond donors (Lipinski definition) is 1. The fourth-order valence-corrected chi connectivity index (χ4v) is 1.60. The summed E-state index contributed by atoms with van der Waals surface area (Å²) < 4.78 is 20.7. The number of ether oxygens (including phenoxy) is 4. The zero-order valence-corrected chi connectivity index (χ0v) is 14.7. The third-order valence-corrected chi connectivity index (χ3v) is 3.60. The maximum atomic E-state index is 11.4. The van der Waals surface area contributed by atoms with Gasteiger partial charge in [0.15, 0.2) is 5.52 Å². The monoisotopic (exact) mass is 337 g/mol. The summed E-state index contributed by atoms with van der Waals surface area (Å²) >= 11 is 0. The average molecular weight is 337 g/mol. The molecule has 0 aliphatic rings. The van der Waals surface area contributed by atoms with Crippen LogP contribution in [0.1, 0.15) is 6.92 Å². The molecule has 0 spiro atoms. The standard InChI is InChI=1S/C14H28NO6P/c1-4-18-7-9-20-11-13(16)15-5-6-19-8-10-21-12-14(17)22(2)3/h4-12H2,1-3H3,(H,15,16). The molecule has 0 saturated heterocycles. The van der Waals surface area contributed by atoms with Crippen molar-refractivity contribution < 1.29 is 28.5 Å². The van der Waals surface area contributed by atoms with Crippen molar-refractivity contribution >= 4 is 19.4 Å². The van der Waals surface area contributed by atoms with Crippen LogP contribution >= 0.6 is 7.92 Å². The molecule has 0 bridgehead atoms. The molecule has 22 heavy (non-hydrogen) atoms. The van der Waals surface area contributed by atoms with E-state index in [1.807, 2.05) is 20.3 Å². The van der Waals surface area contributed by atoms with Crippen LogP contribution in [0.2, 0.25) is 0 Å². The molecule has 0 aromatic carbocycles. The summed E-state index contributed by atoms with van der Waals surface area (Å²) in [6.45, 7) is 9.03. The Labute approximate surface area is 133 Å². The lowest BCUT2D eigenvalue weighted by Gasteiger charge is -2.08. The van der Waals surface area contributed by atoms with Gasteiger partial charge in [0.25, 0.3) is 0 Å². The lowest BCUT2D eigenvalue weighted by molar-refractivity contribution is -0.126. The van der Waals surface area contributed by atoms with Gasteiger partial charge in [0.2, 0.25) is 5.91 Å². The Kier molecular flexibility index (Phi) is 14.9. The van der Waals surface area contributed by atoms with Crippen molar-refractivity contribution in [2.75, 3.05) is 72.7 Å². The van der Waals surface area contributed by atoms with Crippen molar-refractivity contribution in [3.63, 3.8) is 0 Å². The van der Waals surface area contributed by atoms with Gasteiger partial charge in [0.1, 0.15) is 13.2 Å². The van der Waals surface area contributed by atoms with E-state index in [0.717, 1.165) is 0 Å². The number of amides is 1. The minimum absolute atomic E-state index is 0.0231. The van der Waals surface area contributed by atoms with E-state index < -0.39 is 7.92 Å². The minimum atomic E-state index is -0.580. The summed E-state index contributed by atoms with van der Waals surface area (Å²) in [4.78, 5) is 22.7. The molecule has 0 heterocycles. The molecule has 1 N–H and O–H groups in total. The van der Waals surface area contributed by atoms with Crippen LogP contribution in [0.3, 0.4) is 0 Å². The number of hydrogen-bond acceptors (Lipinski definition) is 6. The first-order valence-electron chi connectivity index (χ1n) is 7.35. The van der Waals surface area contributed by atoms with Crippen LogP contribution in [-0.2, 0) is 28.5 Å². The Morgan fingerprint density at radius 1 is 0.864 bits per heavy atom. The zero-order chi connectivity index (χ0) is 16.6. The molecule has 0 rings (SSSR count). The fourth-order valence-electron chi connectivity index (χ4n) is 1.25. The number of rotatable bonds is 15. The van der Waals surface area contributed by atoms with Gasteiger partial charge in [-0.3, -0.25) is 9.59 Å². The molecule has 0 aromatic rings. The smallest absolute Gasteiger partial charge is 0.246 e. The summed E-state index contributed by atoms with van der Waals surface area (Å²) in [5, 5.41) is 2.68. The third kappa shape index (κ3) is 14.4. The first-order chi connectivity index (χ1) is 10.6. The third-order valence-electron chi connectivity index (χ3n) is 2.47. The highest BCUT2D eigenvalue weighted by Crippen LogP contribution is 2.24. The van der Waals surface area contributed by atoms with Crippen molar-refractivity contribution in [1.82, 2.24) is 5.32 Å². The molecule has 0 fully saturated rings. The predicted octanol–water partition coefficient (Wildman–Crippen LogP) is 0.457. The molecule has 8 heteroatoms. The van der Waals surface area contributed by atoms with Crippen molar-refractivity contribution in [1.29, 1.82) is 0 Å². The van der Waals surface area contributed by atoms with E-state index in [-0.39, 0.29) is 24.6 Å². The molecule has 0 atom stereocenters. The van der Waals surface area contributed by atoms with Gasteiger partial charge in [-0.2, -0.15) is 0 Å². The molecule has 0 saturated carbocycles. The Balaban J connectivity index is 3.25. The van der Waals surface area contributed by atoms with Gasteiger partial charge < -0.3 is 24.3 Å². The summed E-state index contributed by atoms with van der Waals surface area (Å²) in [5.41, 5.74) is 0.145. The molecule has 0 radical (unpaired) electrons. The maximum absolute atomic E-state index is 11.4. The van der Waals surface area contributed by atoms with Gasteiger partial charge in [-0.15, -0.1) is 0 Å². The first-order valence-corrected chi connectivity index (χ1v) is 9.59. The van der Waals surface area contributed by atoms with Crippen molar-refractivity contribution in [2.24, 2.45) is 0 Å². The van der Waals surface area contributed by atoms with Gasteiger partial charge in [-0.1, -0.05) is 0 Å². The molecular weight excluding hydrogens is 309 g/mol. The molecule has 0 unspecified atom stereocenters. The second kappa shape index (κ2) is 15.3. The van der Waals surface area contributed by atoms with E-state index in [0.29, 0.717) is 46.2 Å². The molecule has 130 valence electrons. The van der Waals surface area contributed by atoms with Crippen molar-refractivity contribution in [3.05, 3.63) is 0 Å². The predicted molar refractivity (Wildman–Crippen MR) is 85.7 cm³/mol. The van der Waals surface area contributed by atoms with Crippen LogP contribution in [0.4, 0.5) is 0 Å². The summed E-state index contributed by atoms with van der Waals surface area (Å²) in [7, 11) is -0.580. The molecule has 1 amide bonds. The second-order valence-corrected chi connectivity index (χ2v) is 6.84. The first kappa shape index (κ1) is 21.4. The quantitative estimate of drug-likeness (QED) is 0.345. The average Bonchev–Trinajstić information content (AvgIpc) is 2.49. The minimum Gasteiger partial charge on any atom is -0.379 e. The van der Waals surface area contributed by atoms with Crippen molar-refractivity contribution in [3.8, 4) is 0 Å². The Morgan fingerprint density at radius 3 is 2.09 bits per heavy atom. The topological polar surface area (TPSA) is 83.1 Å². The summed E-state index contributed by atoms with van der Waals surface area (Å²) in [6.07, 6.45) is 0. The van der Waals surface area contributed by atoms with Crippen LogP contribution < -0.4 is 5.32 Å². The van der Waals surface area contributed by atoms with E-state index in [1.165, 1.54) is 0 Å². The Bertz CT molecular complexity index is 301. The van der Waals surface area contributed by atoms with Crippen molar-refractivity contribution in [2.45, 2.75) is 6.92 Å². The van der Waals surface area contributed by atoms with E-state index >= 15 is 0 Å². The largest absolute Gasteiger partial charge is 0.379 e. The highest BCUT2D eigenvalue weighted by molar-refractivity contribution is 7.73. The van der Waals surface area contributed by atoms with Gasteiger partial charge in [0.05, 0.1) is 33.0 Å². The van der Waals surface area contributed by atoms with Gasteiger partial charge >= 0.3 is 0 Å². The molecule has 0 aliphatic heterocycles. The van der Waals surface area contributed by atoms with Crippen LogP contribution in [0, 0.1) is 0 Å². The fraction of sp³-hybridized carbons (Fsp3) is 0.857. The van der Waals surface area contributed by atoms with E-state index in [9.17, 15) is 9.59 Å². The lowest BCUT2D eigenvalue weighted by Crippen LogP contribution is -2.31. The van der Waals surface area contributed by atoms with Crippen LogP contribution in [0.25, 0.3) is 0 Å². The van der Waals surface area contributed by atoms with Gasteiger partial charge in [0, 0.05) is 13.2 Å². The zero-order valence-electron chi connectivity index (χ0n) is 13.8. The highest BCUT2D eigenvalue weighted by atomic mass is 31.1. The van der Waals surface area contributed by atoms with Crippen LogP contribution in [0.5, 0.6) is 0 Å². The summed E-state index contributed by atoms with van der Waals surface area (Å²) in [5.74, 6) is -0.179. The number of carbonyl (C=O) groups excluding carboxylic acids is 2. The number of carbonyl (C=O) groups is 2. The van der Waals surface area contributed by atoms with Gasteiger partial charge in [-0.05, 0) is 28.2 Å². The normalized spacial score (nSPS) is 10.9. The van der Waals surface area contributed by atoms with Gasteiger partial charge in [-0.25, -0.2) is 0 Å². The Hall–Kier alpha value is -0.590. The second-order valence-electron chi connectivity index (χ2n) is 4.55. The molecule has 0 aliphatic carbocycles. The number of nitrogens with one attached hydrogen (secondary N) is 1. The maximum Gasteiger partial charge on any atom is 0.246 e. The lowest BCUT2D eigenvalue weighted by atomic mass is 10.6. The van der Waals surface area contributed by atoms with E-state index in [1.54, 1.807) is 0 Å². The van der Waals surface area contributed by atoms with Crippen LogP contribution in [-0.4, -0.2) is 84.2 Å². The van der Waals surface area contributed by atoms with Crippen LogP contribution in [0.15, 0.2) is 0 Å². The van der Waals surface area contributed by atoms with E-state index in [2.05, 4.69) is 5.32 Å². The highest BCUT2D eigenvalue weighted by Gasteiger charge is 2.05.